The topological polar surface area (TPSA) is 38.3 Å². The fourth-order valence-corrected chi connectivity index (χ4v) is 2.40. The van der Waals surface area contributed by atoms with Crippen LogP contribution in [0.2, 0.25) is 0 Å². The lowest BCUT2D eigenvalue weighted by Gasteiger charge is -2.08. The first-order valence-electron chi connectivity index (χ1n) is 8.05. The molecule has 3 heteroatoms. The van der Waals surface area contributed by atoms with Crippen molar-refractivity contribution < 1.29 is 9.53 Å². The zero-order valence-corrected chi connectivity index (χ0v) is 13.3. The smallest absolute Gasteiger partial charge is 0.220 e. The van der Waals surface area contributed by atoms with Gasteiger partial charge in [0.15, 0.2) is 0 Å². The molecule has 116 valence electrons. The van der Waals surface area contributed by atoms with Crippen LogP contribution < -0.4 is 5.32 Å². The van der Waals surface area contributed by atoms with Crippen LogP contribution in [0.15, 0.2) is 18.2 Å². The zero-order valence-electron chi connectivity index (χ0n) is 13.3. The summed E-state index contributed by atoms with van der Waals surface area (Å²) in [5, 5.41) is 2.97. The molecule has 0 heterocycles. The molecule has 1 aromatic carbocycles. The minimum absolute atomic E-state index is 0.136. The molecule has 1 aliphatic carbocycles. The first kappa shape index (κ1) is 16.0. The van der Waals surface area contributed by atoms with Crippen LogP contribution >= 0.6 is 0 Å². The molecule has 0 atom stereocenters. The second-order valence-electron chi connectivity index (χ2n) is 6.15. The molecule has 1 N–H and O–H groups in total. The van der Waals surface area contributed by atoms with E-state index in [0.29, 0.717) is 6.42 Å². The summed E-state index contributed by atoms with van der Waals surface area (Å²) < 4.78 is 5.54. The third-order valence-electron chi connectivity index (χ3n) is 3.96. The Labute approximate surface area is 128 Å². The van der Waals surface area contributed by atoms with Crippen molar-refractivity contribution in [1.29, 1.82) is 0 Å². The number of benzene rings is 1. The Hall–Kier alpha value is -1.35. The van der Waals surface area contributed by atoms with Crippen LogP contribution in [0, 0.1) is 19.8 Å². The highest BCUT2D eigenvalue weighted by molar-refractivity contribution is 5.76. The molecule has 1 aliphatic rings. The van der Waals surface area contributed by atoms with E-state index in [2.05, 4.69) is 37.4 Å². The van der Waals surface area contributed by atoms with Crippen molar-refractivity contribution in [2.24, 2.45) is 5.92 Å². The van der Waals surface area contributed by atoms with E-state index in [4.69, 9.17) is 4.74 Å². The molecule has 0 aliphatic heterocycles. The standard InChI is InChI=1S/C18H27NO2/c1-14-4-7-17(15(2)12-14)8-9-18(20)19-10-3-11-21-13-16-5-6-16/h4,7,12,16H,3,5-6,8-11,13H2,1-2H3,(H,19,20). The molecule has 1 fully saturated rings. The van der Waals surface area contributed by atoms with Crippen molar-refractivity contribution >= 4 is 5.91 Å². The summed E-state index contributed by atoms with van der Waals surface area (Å²) in [6, 6.07) is 6.41. The number of rotatable bonds is 9. The predicted molar refractivity (Wildman–Crippen MR) is 85.4 cm³/mol. The first-order chi connectivity index (χ1) is 10.1. The molecule has 3 nitrogen and oxygen atoms in total. The van der Waals surface area contributed by atoms with Crippen LogP contribution in [-0.4, -0.2) is 25.7 Å². The summed E-state index contributed by atoms with van der Waals surface area (Å²) in [4.78, 5) is 11.8. The zero-order chi connectivity index (χ0) is 15.1. The van der Waals surface area contributed by atoms with Crippen molar-refractivity contribution in [3.05, 3.63) is 34.9 Å². The van der Waals surface area contributed by atoms with Crippen LogP contribution in [0.25, 0.3) is 0 Å². The number of amides is 1. The van der Waals surface area contributed by atoms with Gasteiger partial charge in [-0.1, -0.05) is 23.8 Å². The van der Waals surface area contributed by atoms with Crippen LogP contribution in [0.3, 0.4) is 0 Å². The molecule has 21 heavy (non-hydrogen) atoms. The number of ether oxygens (including phenoxy) is 1. The average molecular weight is 289 g/mol. The lowest BCUT2D eigenvalue weighted by atomic mass is 10.0. The van der Waals surface area contributed by atoms with Crippen LogP contribution in [-0.2, 0) is 16.0 Å². The van der Waals surface area contributed by atoms with E-state index >= 15 is 0 Å². The quantitative estimate of drug-likeness (QED) is 0.709. The van der Waals surface area contributed by atoms with Gasteiger partial charge in [0, 0.05) is 26.2 Å². The van der Waals surface area contributed by atoms with Crippen molar-refractivity contribution in [3.63, 3.8) is 0 Å². The largest absolute Gasteiger partial charge is 0.381 e. The Morgan fingerprint density at radius 3 is 2.86 bits per heavy atom. The number of hydrogen-bond acceptors (Lipinski definition) is 2. The molecule has 0 spiro atoms. The van der Waals surface area contributed by atoms with Crippen molar-refractivity contribution in [3.8, 4) is 0 Å². The van der Waals surface area contributed by atoms with E-state index in [0.717, 1.165) is 38.5 Å². The molecule has 1 saturated carbocycles. The maximum atomic E-state index is 11.8. The Kier molecular flexibility index (Phi) is 6.24. The normalized spacial score (nSPS) is 14.2. The second kappa shape index (κ2) is 8.18. The Morgan fingerprint density at radius 2 is 2.14 bits per heavy atom. The summed E-state index contributed by atoms with van der Waals surface area (Å²) in [5.41, 5.74) is 3.81. The molecule has 0 aromatic heterocycles. The number of hydrogen-bond donors (Lipinski definition) is 1. The summed E-state index contributed by atoms with van der Waals surface area (Å²) in [6.45, 7) is 6.58. The molecular weight excluding hydrogens is 262 g/mol. The summed E-state index contributed by atoms with van der Waals surface area (Å²) in [5.74, 6) is 0.953. The second-order valence-corrected chi connectivity index (χ2v) is 6.15. The van der Waals surface area contributed by atoms with Gasteiger partial charge in [-0.05, 0) is 56.6 Å². The van der Waals surface area contributed by atoms with E-state index < -0.39 is 0 Å². The highest BCUT2D eigenvalue weighted by Crippen LogP contribution is 2.28. The Bertz CT molecular complexity index is 466. The van der Waals surface area contributed by atoms with Gasteiger partial charge in [-0.15, -0.1) is 0 Å². The number of nitrogens with one attached hydrogen (secondary N) is 1. The van der Waals surface area contributed by atoms with Gasteiger partial charge in [0.05, 0.1) is 0 Å². The summed E-state index contributed by atoms with van der Waals surface area (Å²) >= 11 is 0. The van der Waals surface area contributed by atoms with Crippen LogP contribution in [0.1, 0.15) is 42.4 Å². The first-order valence-corrected chi connectivity index (χ1v) is 8.05. The molecule has 1 amide bonds. The van der Waals surface area contributed by atoms with Gasteiger partial charge in [0.2, 0.25) is 5.91 Å². The van der Waals surface area contributed by atoms with Gasteiger partial charge >= 0.3 is 0 Å². The van der Waals surface area contributed by atoms with E-state index in [-0.39, 0.29) is 5.91 Å². The molecule has 0 saturated heterocycles. The molecule has 0 bridgehead atoms. The number of aryl methyl sites for hydroxylation is 3. The predicted octanol–water partition coefficient (Wildman–Crippen LogP) is 3.17. The summed E-state index contributed by atoms with van der Waals surface area (Å²) in [7, 11) is 0. The van der Waals surface area contributed by atoms with Gasteiger partial charge in [-0.3, -0.25) is 4.79 Å². The van der Waals surface area contributed by atoms with Gasteiger partial charge in [-0.2, -0.15) is 0 Å². The van der Waals surface area contributed by atoms with Crippen molar-refractivity contribution in [2.45, 2.75) is 46.0 Å². The molecule has 1 aromatic rings. The van der Waals surface area contributed by atoms with Crippen molar-refractivity contribution in [2.75, 3.05) is 19.8 Å². The number of carbonyl (C=O) groups excluding carboxylic acids is 1. The highest BCUT2D eigenvalue weighted by Gasteiger charge is 2.20. The summed E-state index contributed by atoms with van der Waals surface area (Å²) in [6.07, 6.45) is 4.94. The maximum absolute atomic E-state index is 11.8. The maximum Gasteiger partial charge on any atom is 0.220 e. The fraction of sp³-hybridized carbons (Fsp3) is 0.611. The molecule has 0 unspecified atom stereocenters. The minimum Gasteiger partial charge on any atom is -0.381 e. The van der Waals surface area contributed by atoms with Crippen LogP contribution in [0.5, 0.6) is 0 Å². The lowest BCUT2D eigenvalue weighted by molar-refractivity contribution is -0.121. The molecule has 0 radical (unpaired) electrons. The number of carbonyl (C=O) groups is 1. The average Bonchev–Trinajstić information content (AvgIpc) is 3.26. The van der Waals surface area contributed by atoms with E-state index in [1.807, 2.05) is 0 Å². The van der Waals surface area contributed by atoms with Crippen LogP contribution in [0.4, 0.5) is 0 Å². The highest BCUT2D eigenvalue weighted by atomic mass is 16.5. The third kappa shape index (κ3) is 6.30. The SMILES string of the molecule is Cc1ccc(CCC(=O)NCCCOCC2CC2)c(C)c1. The third-order valence-corrected chi connectivity index (χ3v) is 3.96. The van der Waals surface area contributed by atoms with E-state index in [1.54, 1.807) is 0 Å². The minimum atomic E-state index is 0.136. The van der Waals surface area contributed by atoms with Gasteiger partial charge in [0.25, 0.3) is 0 Å². The Balaban J connectivity index is 1.54. The van der Waals surface area contributed by atoms with Gasteiger partial charge in [-0.25, -0.2) is 0 Å². The molecular formula is C18H27NO2. The lowest BCUT2D eigenvalue weighted by Crippen LogP contribution is -2.25. The fourth-order valence-electron chi connectivity index (χ4n) is 2.40. The van der Waals surface area contributed by atoms with E-state index in [9.17, 15) is 4.79 Å². The monoisotopic (exact) mass is 289 g/mol. The molecule has 2 rings (SSSR count). The van der Waals surface area contributed by atoms with E-state index in [1.165, 1.54) is 29.5 Å². The Morgan fingerprint density at radius 1 is 1.33 bits per heavy atom. The van der Waals surface area contributed by atoms with Gasteiger partial charge in [0.1, 0.15) is 0 Å². The van der Waals surface area contributed by atoms with Crippen molar-refractivity contribution in [1.82, 2.24) is 5.32 Å². The van der Waals surface area contributed by atoms with Gasteiger partial charge < -0.3 is 10.1 Å².